The van der Waals surface area contributed by atoms with Gasteiger partial charge in [0.2, 0.25) is 5.91 Å². The number of hydrogen-bond donors (Lipinski definition) is 2. The zero-order chi connectivity index (χ0) is 18.8. The van der Waals surface area contributed by atoms with Crippen molar-refractivity contribution in [1.29, 1.82) is 0 Å². The molecule has 27 heavy (non-hydrogen) atoms. The second kappa shape index (κ2) is 7.44. The number of nitrogens with one attached hydrogen (secondary N) is 2. The van der Waals surface area contributed by atoms with Crippen molar-refractivity contribution in [2.45, 2.75) is 24.2 Å². The Balaban J connectivity index is 1.34. The minimum absolute atomic E-state index is 0.105. The van der Waals surface area contributed by atoms with Crippen LogP contribution in [0.1, 0.15) is 27.9 Å². The maximum atomic E-state index is 12.2. The first-order chi connectivity index (χ1) is 13.1. The van der Waals surface area contributed by atoms with Crippen molar-refractivity contribution in [2.75, 3.05) is 23.0 Å². The molecule has 4 rings (SSSR count). The highest BCUT2D eigenvalue weighted by molar-refractivity contribution is 8.00. The van der Waals surface area contributed by atoms with E-state index < -0.39 is 5.97 Å². The van der Waals surface area contributed by atoms with E-state index in [4.69, 9.17) is 4.74 Å². The molecule has 0 aromatic heterocycles. The van der Waals surface area contributed by atoms with E-state index in [0.29, 0.717) is 22.7 Å². The predicted molar refractivity (Wildman–Crippen MR) is 103 cm³/mol. The van der Waals surface area contributed by atoms with Gasteiger partial charge >= 0.3 is 5.97 Å². The van der Waals surface area contributed by atoms with Crippen LogP contribution >= 0.6 is 11.8 Å². The molecular formula is C20H18N2O4S. The van der Waals surface area contributed by atoms with Crippen molar-refractivity contribution in [3.05, 3.63) is 53.1 Å². The molecule has 6 nitrogen and oxygen atoms in total. The second-order valence-corrected chi connectivity index (χ2v) is 7.53. The summed E-state index contributed by atoms with van der Waals surface area (Å²) in [6, 6.07) is 10.8. The molecule has 0 radical (unpaired) electrons. The van der Waals surface area contributed by atoms with Gasteiger partial charge in [-0.25, -0.2) is 4.79 Å². The molecule has 2 amide bonds. The zero-order valence-electron chi connectivity index (χ0n) is 14.5. The molecule has 2 aromatic rings. The minimum Gasteiger partial charge on any atom is -0.452 e. The average molecular weight is 382 g/mol. The standard InChI is InChI=1S/C20H18N2O4S/c23-18(21-15-6-4-12-2-1-3-13(12)8-15)10-26-20(25)14-5-7-17-16(9-14)22-19(24)11-27-17/h4-9H,1-3,10-11H2,(H,21,23)(H,22,24). The number of anilines is 2. The van der Waals surface area contributed by atoms with Crippen LogP contribution in [0.5, 0.6) is 0 Å². The van der Waals surface area contributed by atoms with E-state index in [-0.39, 0.29) is 18.4 Å². The van der Waals surface area contributed by atoms with Crippen molar-refractivity contribution >= 4 is 40.9 Å². The fraction of sp³-hybridized carbons (Fsp3) is 0.250. The van der Waals surface area contributed by atoms with Gasteiger partial charge in [0.15, 0.2) is 6.61 Å². The third kappa shape index (κ3) is 3.98. The molecule has 0 saturated carbocycles. The zero-order valence-corrected chi connectivity index (χ0v) is 15.4. The summed E-state index contributed by atoms with van der Waals surface area (Å²) in [7, 11) is 0. The number of aryl methyl sites for hydroxylation is 2. The molecule has 0 unspecified atom stereocenters. The number of carbonyl (C=O) groups excluding carboxylic acids is 3. The third-order valence-corrected chi connectivity index (χ3v) is 5.64. The Bertz CT molecular complexity index is 942. The van der Waals surface area contributed by atoms with Crippen molar-refractivity contribution in [3.63, 3.8) is 0 Å². The number of ether oxygens (including phenoxy) is 1. The molecular weight excluding hydrogens is 364 g/mol. The van der Waals surface area contributed by atoms with Crippen molar-refractivity contribution in [2.24, 2.45) is 0 Å². The smallest absolute Gasteiger partial charge is 0.338 e. The van der Waals surface area contributed by atoms with Gasteiger partial charge in [0.25, 0.3) is 5.91 Å². The highest BCUT2D eigenvalue weighted by Crippen LogP contribution is 2.32. The van der Waals surface area contributed by atoms with Gasteiger partial charge in [-0.05, 0) is 60.7 Å². The van der Waals surface area contributed by atoms with Crippen LogP contribution in [0.25, 0.3) is 0 Å². The molecule has 1 aliphatic heterocycles. The van der Waals surface area contributed by atoms with Crippen LogP contribution in [0.4, 0.5) is 11.4 Å². The molecule has 0 saturated heterocycles. The van der Waals surface area contributed by atoms with Gasteiger partial charge in [0.1, 0.15) is 0 Å². The lowest BCUT2D eigenvalue weighted by Crippen LogP contribution is -2.22. The molecule has 1 aliphatic carbocycles. The van der Waals surface area contributed by atoms with E-state index in [1.165, 1.54) is 22.9 Å². The molecule has 7 heteroatoms. The van der Waals surface area contributed by atoms with E-state index >= 15 is 0 Å². The molecule has 138 valence electrons. The number of thioether (sulfide) groups is 1. The topological polar surface area (TPSA) is 84.5 Å². The Morgan fingerprint density at radius 2 is 1.96 bits per heavy atom. The van der Waals surface area contributed by atoms with Crippen molar-refractivity contribution < 1.29 is 19.1 Å². The maximum Gasteiger partial charge on any atom is 0.338 e. The number of carbonyl (C=O) groups is 3. The van der Waals surface area contributed by atoms with Gasteiger partial charge in [0.05, 0.1) is 17.0 Å². The Morgan fingerprint density at radius 3 is 2.85 bits per heavy atom. The molecule has 0 bridgehead atoms. The lowest BCUT2D eigenvalue weighted by atomic mass is 10.1. The van der Waals surface area contributed by atoms with Crippen LogP contribution in [0.15, 0.2) is 41.3 Å². The number of esters is 1. The molecule has 0 spiro atoms. The van der Waals surface area contributed by atoms with E-state index in [9.17, 15) is 14.4 Å². The molecule has 1 heterocycles. The fourth-order valence-corrected chi connectivity index (χ4v) is 4.06. The van der Waals surface area contributed by atoms with Crippen LogP contribution in [0.3, 0.4) is 0 Å². The van der Waals surface area contributed by atoms with Crippen molar-refractivity contribution in [3.8, 4) is 0 Å². The Morgan fingerprint density at radius 1 is 1.11 bits per heavy atom. The van der Waals surface area contributed by atoms with Crippen LogP contribution in [0.2, 0.25) is 0 Å². The summed E-state index contributed by atoms with van der Waals surface area (Å²) in [4.78, 5) is 36.6. The number of amides is 2. The average Bonchev–Trinajstić information content (AvgIpc) is 3.13. The van der Waals surface area contributed by atoms with Crippen LogP contribution in [-0.4, -0.2) is 30.1 Å². The normalized spacial score (nSPS) is 14.7. The molecule has 2 aliphatic rings. The first-order valence-corrected chi connectivity index (χ1v) is 9.72. The minimum atomic E-state index is -0.605. The van der Waals surface area contributed by atoms with Gasteiger partial charge < -0.3 is 15.4 Å². The van der Waals surface area contributed by atoms with Gasteiger partial charge in [0, 0.05) is 10.6 Å². The summed E-state index contributed by atoms with van der Waals surface area (Å²) in [6.45, 7) is -0.367. The lowest BCUT2D eigenvalue weighted by molar-refractivity contribution is -0.119. The number of benzene rings is 2. The van der Waals surface area contributed by atoms with E-state index in [0.717, 1.165) is 24.2 Å². The first-order valence-electron chi connectivity index (χ1n) is 8.74. The SMILES string of the molecule is O=C(COC(=O)c1ccc2c(c1)NC(=O)CS2)Nc1ccc2c(c1)CCC2. The van der Waals surface area contributed by atoms with Crippen molar-refractivity contribution in [1.82, 2.24) is 0 Å². The summed E-state index contributed by atoms with van der Waals surface area (Å²) in [5, 5.41) is 5.48. The third-order valence-electron chi connectivity index (χ3n) is 4.56. The highest BCUT2D eigenvalue weighted by Gasteiger charge is 2.18. The largest absolute Gasteiger partial charge is 0.452 e. The summed E-state index contributed by atoms with van der Waals surface area (Å²) in [6.07, 6.45) is 3.26. The van der Waals surface area contributed by atoms with Gasteiger partial charge in [-0.3, -0.25) is 9.59 Å². The quantitative estimate of drug-likeness (QED) is 0.794. The highest BCUT2D eigenvalue weighted by atomic mass is 32.2. The van der Waals surface area contributed by atoms with Crippen LogP contribution in [-0.2, 0) is 27.2 Å². The van der Waals surface area contributed by atoms with Gasteiger partial charge in [-0.15, -0.1) is 11.8 Å². The monoisotopic (exact) mass is 382 g/mol. The van der Waals surface area contributed by atoms with Gasteiger partial charge in [-0.2, -0.15) is 0 Å². The predicted octanol–water partition coefficient (Wildman–Crippen LogP) is 3.02. The summed E-state index contributed by atoms with van der Waals surface area (Å²) in [5.74, 6) is -0.735. The number of fused-ring (bicyclic) bond motifs is 2. The Kier molecular flexibility index (Phi) is 4.85. The number of rotatable bonds is 4. The lowest BCUT2D eigenvalue weighted by Gasteiger charge is -2.16. The van der Waals surface area contributed by atoms with E-state index in [1.54, 1.807) is 18.2 Å². The van der Waals surface area contributed by atoms with Gasteiger partial charge in [-0.1, -0.05) is 6.07 Å². The Labute approximate surface area is 160 Å². The molecule has 2 aromatic carbocycles. The number of hydrogen-bond acceptors (Lipinski definition) is 5. The second-order valence-electron chi connectivity index (χ2n) is 6.51. The Hall–Kier alpha value is -2.80. The molecule has 2 N–H and O–H groups in total. The summed E-state index contributed by atoms with van der Waals surface area (Å²) < 4.78 is 5.10. The van der Waals surface area contributed by atoms with E-state index in [2.05, 4.69) is 10.6 Å². The molecule has 0 fully saturated rings. The van der Waals surface area contributed by atoms with E-state index in [1.807, 2.05) is 18.2 Å². The first kappa shape index (κ1) is 17.6. The maximum absolute atomic E-state index is 12.2. The summed E-state index contributed by atoms with van der Waals surface area (Å²) >= 11 is 1.42. The molecule has 0 atom stereocenters. The van der Waals surface area contributed by atoms with Crippen LogP contribution < -0.4 is 10.6 Å². The fourth-order valence-electron chi connectivity index (χ4n) is 3.27. The summed E-state index contributed by atoms with van der Waals surface area (Å²) in [5.41, 5.74) is 4.19. The van der Waals surface area contributed by atoms with Crippen LogP contribution in [0, 0.1) is 0 Å².